The van der Waals surface area contributed by atoms with Crippen LogP contribution in [-0.4, -0.2) is 19.8 Å². The molecule has 0 amide bonds. The number of hydrogen-bond donors (Lipinski definition) is 1. The molecule has 0 aliphatic heterocycles. The van der Waals surface area contributed by atoms with Gasteiger partial charge in [0.25, 0.3) is 0 Å². The summed E-state index contributed by atoms with van der Waals surface area (Å²) in [6, 6.07) is 3.73. The Morgan fingerprint density at radius 2 is 2.27 bits per heavy atom. The van der Waals surface area contributed by atoms with Gasteiger partial charge in [-0.1, -0.05) is 0 Å². The minimum absolute atomic E-state index is 0.409. The molecule has 2 N–H and O–H groups in total. The molecule has 0 bridgehead atoms. The first-order valence-corrected chi connectivity index (χ1v) is 5.15. The van der Waals surface area contributed by atoms with E-state index in [1.807, 2.05) is 19.1 Å². The summed E-state index contributed by atoms with van der Waals surface area (Å²) in [4.78, 5) is 0. The fraction of sp³-hybridized carbons (Fsp3) is 0.500. The Kier molecular flexibility index (Phi) is 1.62. The van der Waals surface area contributed by atoms with Gasteiger partial charge < -0.3 is 5.73 Å². The average Bonchev–Trinajstić information content (AvgIpc) is 2.98. The topological polar surface area (TPSA) is 69.1 Å². The minimum Gasteiger partial charge on any atom is -0.319 e. The molecule has 1 fully saturated rings. The van der Waals surface area contributed by atoms with E-state index in [1.165, 1.54) is 12.8 Å². The third-order valence-corrected chi connectivity index (χ3v) is 3.09. The van der Waals surface area contributed by atoms with Crippen LogP contribution in [0.5, 0.6) is 0 Å². The number of nitrogens with two attached hydrogens (primary N) is 1. The highest BCUT2D eigenvalue weighted by Gasteiger charge is 2.43. The van der Waals surface area contributed by atoms with Crippen molar-refractivity contribution in [1.29, 1.82) is 0 Å². The Balaban J connectivity index is 2.18. The van der Waals surface area contributed by atoms with Crippen LogP contribution in [0, 0.1) is 5.92 Å². The van der Waals surface area contributed by atoms with Gasteiger partial charge in [-0.05, 0) is 37.8 Å². The first kappa shape index (κ1) is 8.79. The molecule has 15 heavy (non-hydrogen) atoms. The molecule has 0 spiro atoms. The summed E-state index contributed by atoms with van der Waals surface area (Å²) in [5.74, 6) is 1.28. The van der Waals surface area contributed by atoms with E-state index in [2.05, 4.69) is 15.3 Å². The monoisotopic (exact) mass is 203 g/mol. The molecule has 1 aliphatic carbocycles. The Labute approximate surface area is 87.3 Å². The molecule has 78 valence electrons. The maximum absolute atomic E-state index is 6.29. The molecule has 0 saturated heterocycles. The van der Waals surface area contributed by atoms with Crippen molar-refractivity contribution in [3.05, 3.63) is 24.2 Å². The van der Waals surface area contributed by atoms with E-state index in [-0.39, 0.29) is 0 Å². The van der Waals surface area contributed by atoms with Gasteiger partial charge in [0, 0.05) is 6.20 Å². The molecular formula is C10H13N5. The highest BCUT2D eigenvalue weighted by Crippen LogP contribution is 2.42. The predicted molar refractivity (Wildman–Crippen MR) is 55.0 cm³/mol. The Bertz CT molecular complexity index is 497. The standard InChI is InChI=1S/C10H13N5/c1-10(11,7-4-5-7)9-14-13-8-3-2-6-12-15(8)9/h2-3,6-7H,4-5,11H2,1H3. The maximum Gasteiger partial charge on any atom is 0.177 e. The fourth-order valence-electron chi connectivity index (χ4n) is 1.95. The lowest BCUT2D eigenvalue weighted by Gasteiger charge is -2.21. The molecular weight excluding hydrogens is 190 g/mol. The Morgan fingerprint density at radius 1 is 1.47 bits per heavy atom. The van der Waals surface area contributed by atoms with E-state index in [1.54, 1.807) is 10.7 Å². The predicted octanol–water partition coefficient (Wildman–Crippen LogP) is 0.708. The van der Waals surface area contributed by atoms with E-state index in [9.17, 15) is 0 Å². The zero-order valence-corrected chi connectivity index (χ0v) is 8.59. The van der Waals surface area contributed by atoms with Crippen LogP contribution in [-0.2, 0) is 5.54 Å². The third kappa shape index (κ3) is 1.23. The number of aromatic nitrogens is 4. The van der Waals surface area contributed by atoms with Crippen molar-refractivity contribution in [3.63, 3.8) is 0 Å². The van der Waals surface area contributed by atoms with Gasteiger partial charge in [0.15, 0.2) is 11.5 Å². The quantitative estimate of drug-likeness (QED) is 0.780. The van der Waals surface area contributed by atoms with Gasteiger partial charge in [-0.3, -0.25) is 0 Å². The number of hydrogen-bond acceptors (Lipinski definition) is 4. The van der Waals surface area contributed by atoms with Gasteiger partial charge in [-0.2, -0.15) is 9.61 Å². The normalized spacial score (nSPS) is 20.4. The van der Waals surface area contributed by atoms with Crippen molar-refractivity contribution in [3.8, 4) is 0 Å². The Hall–Kier alpha value is -1.49. The maximum atomic E-state index is 6.29. The van der Waals surface area contributed by atoms with Gasteiger partial charge >= 0.3 is 0 Å². The molecule has 0 aromatic carbocycles. The van der Waals surface area contributed by atoms with Crippen molar-refractivity contribution in [2.75, 3.05) is 0 Å². The van der Waals surface area contributed by atoms with E-state index in [0.717, 1.165) is 11.5 Å². The Morgan fingerprint density at radius 3 is 3.00 bits per heavy atom. The molecule has 5 nitrogen and oxygen atoms in total. The molecule has 1 saturated carbocycles. The summed E-state index contributed by atoms with van der Waals surface area (Å²) in [7, 11) is 0. The van der Waals surface area contributed by atoms with Crippen LogP contribution in [0.15, 0.2) is 18.3 Å². The summed E-state index contributed by atoms with van der Waals surface area (Å²) < 4.78 is 1.73. The van der Waals surface area contributed by atoms with E-state index in [0.29, 0.717) is 5.92 Å². The van der Waals surface area contributed by atoms with Crippen LogP contribution < -0.4 is 5.73 Å². The van der Waals surface area contributed by atoms with Crippen LogP contribution in [0.25, 0.3) is 5.65 Å². The largest absolute Gasteiger partial charge is 0.319 e. The molecule has 1 unspecified atom stereocenters. The molecule has 2 heterocycles. The van der Waals surface area contributed by atoms with Crippen LogP contribution in [0.4, 0.5) is 0 Å². The lowest BCUT2D eigenvalue weighted by molar-refractivity contribution is 0.391. The SMILES string of the molecule is CC(N)(c1nnc2cccnn12)C1CC1. The second-order valence-corrected chi connectivity index (χ2v) is 4.37. The zero-order valence-electron chi connectivity index (χ0n) is 8.59. The lowest BCUT2D eigenvalue weighted by atomic mass is 9.96. The van der Waals surface area contributed by atoms with Gasteiger partial charge in [-0.15, -0.1) is 10.2 Å². The van der Waals surface area contributed by atoms with Crippen molar-refractivity contribution in [2.24, 2.45) is 11.7 Å². The number of fused-ring (bicyclic) bond motifs is 1. The highest BCUT2D eigenvalue weighted by molar-refractivity contribution is 5.36. The molecule has 2 aromatic rings. The second kappa shape index (κ2) is 2.76. The fourth-order valence-corrected chi connectivity index (χ4v) is 1.95. The van der Waals surface area contributed by atoms with Crippen LogP contribution >= 0.6 is 0 Å². The van der Waals surface area contributed by atoms with Crippen LogP contribution in [0.1, 0.15) is 25.6 Å². The van der Waals surface area contributed by atoms with Gasteiger partial charge in [0.1, 0.15) is 0 Å². The van der Waals surface area contributed by atoms with Crippen molar-refractivity contribution < 1.29 is 0 Å². The second-order valence-electron chi connectivity index (χ2n) is 4.37. The number of rotatable bonds is 2. The lowest BCUT2D eigenvalue weighted by Crippen LogP contribution is -2.37. The van der Waals surface area contributed by atoms with Gasteiger partial charge in [0.2, 0.25) is 0 Å². The van der Waals surface area contributed by atoms with Gasteiger partial charge in [-0.25, -0.2) is 0 Å². The molecule has 0 radical (unpaired) electrons. The molecule has 3 rings (SSSR count). The van der Waals surface area contributed by atoms with E-state index in [4.69, 9.17) is 5.73 Å². The average molecular weight is 203 g/mol. The molecule has 2 aromatic heterocycles. The van der Waals surface area contributed by atoms with Crippen molar-refractivity contribution >= 4 is 5.65 Å². The van der Waals surface area contributed by atoms with Crippen molar-refractivity contribution in [2.45, 2.75) is 25.3 Å². The third-order valence-electron chi connectivity index (χ3n) is 3.09. The highest BCUT2D eigenvalue weighted by atomic mass is 15.4. The van der Waals surface area contributed by atoms with Crippen LogP contribution in [0.2, 0.25) is 0 Å². The molecule has 1 atom stereocenters. The van der Waals surface area contributed by atoms with Crippen molar-refractivity contribution in [1.82, 2.24) is 19.8 Å². The van der Waals surface area contributed by atoms with E-state index >= 15 is 0 Å². The summed E-state index contributed by atoms with van der Waals surface area (Å²) in [5.41, 5.74) is 6.64. The van der Waals surface area contributed by atoms with E-state index < -0.39 is 5.54 Å². The summed E-state index contributed by atoms with van der Waals surface area (Å²) in [6.07, 6.45) is 4.08. The summed E-state index contributed by atoms with van der Waals surface area (Å²) in [6.45, 7) is 2.01. The first-order valence-electron chi connectivity index (χ1n) is 5.15. The summed E-state index contributed by atoms with van der Waals surface area (Å²) >= 11 is 0. The summed E-state index contributed by atoms with van der Waals surface area (Å²) in [5, 5.41) is 12.4. The van der Waals surface area contributed by atoms with Crippen LogP contribution in [0.3, 0.4) is 0 Å². The number of nitrogens with zero attached hydrogens (tertiary/aromatic N) is 4. The zero-order chi connectivity index (χ0) is 10.5. The molecule has 1 aliphatic rings. The molecule has 5 heteroatoms. The minimum atomic E-state index is -0.409. The first-order chi connectivity index (χ1) is 7.19. The smallest absolute Gasteiger partial charge is 0.177 e. The van der Waals surface area contributed by atoms with Gasteiger partial charge in [0.05, 0.1) is 5.54 Å².